The van der Waals surface area contributed by atoms with Crippen molar-refractivity contribution in [1.29, 1.82) is 0 Å². The summed E-state index contributed by atoms with van der Waals surface area (Å²) in [6.07, 6.45) is -3.80. The summed E-state index contributed by atoms with van der Waals surface area (Å²) < 4.78 is 75.6. The van der Waals surface area contributed by atoms with Crippen LogP contribution in [0, 0.1) is 5.92 Å². The Bertz CT molecular complexity index is 1000. The van der Waals surface area contributed by atoms with E-state index in [1.54, 1.807) is 9.80 Å². The molecule has 0 N–H and O–H groups in total. The third-order valence-corrected chi connectivity index (χ3v) is 6.74. The van der Waals surface area contributed by atoms with Crippen molar-refractivity contribution in [2.75, 3.05) is 38.2 Å². The van der Waals surface area contributed by atoms with Crippen LogP contribution in [-0.2, 0) is 22.3 Å². The summed E-state index contributed by atoms with van der Waals surface area (Å²) >= 11 is 0. The van der Waals surface area contributed by atoms with Crippen LogP contribution in [0.15, 0.2) is 48.5 Å². The Morgan fingerprint density at radius 2 is 1.76 bits per heavy atom. The van der Waals surface area contributed by atoms with Crippen molar-refractivity contribution in [2.24, 2.45) is 5.92 Å². The number of halogens is 5. The minimum Gasteiger partial charge on any atom is -0.469 e. The molecular formula is C25H27F5N2O2. The number of rotatable bonds is 5. The molecule has 0 spiro atoms. The van der Waals surface area contributed by atoms with Gasteiger partial charge in [0, 0.05) is 31.9 Å². The molecule has 2 aliphatic heterocycles. The van der Waals surface area contributed by atoms with E-state index in [1.807, 2.05) is 30.3 Å². The zero-order chi connectivity index (χ0) is 24.5. The number of alkyl halides is 5. The Labute approximate surface area is 195 Å². The molecule has 4 nitrogen and oxygen atoms in total. The van der Waals surface area contributed by atoms with Gasteiger partial charge in [0.1, 0.15) is 0 Å². The highest BCUT2D eigenvalue weighted by Gasteiger charge is 2.50. The van der Waals surface area contributed by atoms with Crippen molar-refractivity contribution in [2.45, 2.75) is 37.4 Å². The van der Waals surface area contributed by atoms with E-state index < -0.39 is 30.1 Å². The van der Waals surface area contributed by atoms with Gasteiger partial charge in [-0.25, -0.2) is 8.78 Å². The summed E-state index contributed by atoms with van der Waals surface area (Å²) in [7, 11) is 1.29. The predicted molar refractivity (Wildman–Crippen MR) is 118 cm³/mol. The van der Waals surface area contributed by atoms with Gasteiger partial charge in [-0.3, -0.25) is 9.69 Å². The lowest BCUT2D eigenvalue weighted by Crippen LogP contribution is -2.38. The number of esters is 1. The smallest absolute Gasteiger partial charge is 0.416 e. The number of methoxy groups -OCH3 is 1. The highest BCUT2D eigenvalue weighted by Crippen LogP contribution is 2.46. The molecule has 0 bridgehead atoms. The normalized spacial score (nSPS) is 21.6. The van der Waals surface area contributed by atoms with Crippen LogP contribution in [0.3, 0.4) is 0 Å². The fourth-order valence-electron chi connectivity index (χ4n) is 4.96. The van der Waals surface area contributed by atoms with Gasteiger partial charge in [-0.1, -0.05) is 36.4 Å². The number of ether oxygens (including phenoxy) is 1. The third kappa shape index (κ3) is 5.19. The van der Waals surface area contributed by atoms with Crippen molar-refractivity contribution in [3.63, 3.8) is 0 Å². The Hall–Kier alpha value is -2.68. The second-order valence-electron chi connectivity index (χ2n) is 9.02. The molecule has 0 aromatic heterocycles. The second kappa shape index (κ2) is 9.52. The number of likely N-dealkylation sites (tertiary alicyclic amines) is 1. The van der Waals surface area contributed by atoms with Gasteiger partial charge < -0.3 is 9.64 Å². The lowest BCUT2D eigenvalue weighted by atomic mass is 9.90. The van der Waals surface area contributed by atoms with Crippen LogP contribution in [0.2, 0.25) is 0 Å². The molecule has 2 aromatic carbocycles. The van der Waals surface area contributed by atoms with Gasteiger partial charge in [0.05, 0.1) is 31.1 Å². The third-order valence-electron chi connectivity index (χ3n) is 6.74. The lowest BCUT2D eigenvalue weighted by molar-refractivity contribution is -0.146. The molecule has 9 heteroatoms. The van der Waals surface area contributed by atoms with Gasteiger partial charge in [0.25, 0.3) is 5.92 Å². The zero-order valence-corrected chi connectivity index (χ0v) is 18.8. The van der Waals surface area contributed by atoms with Crippen molar-refractivity contribution in [1.82, 2.24) is 4.90 Å². The summed E-state index contributed by atoms with van der Waals surface area (Å²) in [5.41, 5.74) is 0.412. The van der Waals surface area contributed by atoms with Crippen molar-refractivity contribution in [3.8, 4) is 0 Å². The quantitative estimate of drug-likeness (QED) is 0.426. The molecule has 0 amide bonds. The first-order chi connectivity index (χ1) is 16.1. The van der Waals surface area contributed by atoms with Crippen molar-refractivity contribution < 1.29 is 31.5 Å². The van der Waals surface area contributed by atoms with E-state index in [9.17, 15) is 18.0 Å². The number of nitrogens with zero attached hydrogens (tertiary/aromatic N) is 2. The lowest BCUT2D eigenvalue weighted by Gasteiger charge is -2.35. The van der Waals surface area contributed by atoms with Gasteiger partial charge >= 0.3 is 12.1 Å². The monoisotopic (exact) mass is 482 g/mol. The largest absolute Gasteiger partial charge is 0.469 e. The number of anilines is 1. The molecule has 1 unspecified atom stereocenters. The molecule has 0 saturated carbocycles. The summed E-state index contributed by atoms with van der Waals surface area (Å²) in [6.45, 7) is 0.504. The molecule has 1 atom stereocenters. The first kappa shape index (κ1) is 24.4. The number of hydrogen-bond acceptors (Lipinski definition) is 4. The second-order valence-corrected chi connectivity index (χ2v) is 9.02. The average Bonchev–Trinajstić information content (AvgIpc) is 3.11. The molecule has 34 heavy (non-hydrogen) atoms. The Morgan fingerprint density at radius 1 is 1.09 bits per heavy atom. The van der Waals surface area contributed by atoms with E-state index >= 15 is 8.78 Å². The Kier molecular flexibility index (Phi) is 6.85. The van der Waals surface area contributed by atoms with E-state index in [0.717, 1.165) is 17.7 Å². The van der Waals surface area contributed by atoms with Crippen LogP contribution >= 0.6 is 0 Å². The van der Waals surface area contributed by atoms with Crippen LogP contribution < -0.4 is 4.90 Å². The molecule has 184 valence electrons. The van der Waals surface area contributed by atoms with Gasteiger partial charge in [-0.05, 0) is 36.1 Å². The minimum absolute atomic E-state index is 0.0406. The van der Waals surface area contributed by atoms with Crippen LogP contribution in [0.1, 0.15) is 35.4 Å². The summed E-state index contributed by atoms with van der Waals surface area (Å²) in [6, 6.07) is 12.3. The SMILES string of the molecule is COC(=O)C1CCN(c2cc(C(F)(F)F)ccc2C2CN(Cc3ccccc3)CC2(F)F)CC1. The molecule has 4 rings (SSSR count). The van der Waals surface area contributed by atoms with Crippen molar-refractivity contribution >= 4 is 11.7 Å². The summed E-state index contributed by atoms with van der Waals surface area (Å²) in [5, 5.41) is 0. The molecular weight excluding hydrogens is 455 g/mol. The van der Waals surface area contributed by atoms with Gasteiger partial charge in [-0.15, -0.1) is 0 Å². The molecule has 2 fully saturated rings. The molecule has 0 aliphatic carbocycles. The number of piperidine rings is 1. The van der Waals surface area contributed by atoms with E-state index in [0.29, 0.717) is 32.5 Å². The summed E-state index contributed by atoms with van der Waals surface area (Å²) in [5.74, 6) is -5.02. The standard InChI is InChI=1S/C25H27F5N2O2/c1-34-23(33)18-9-11-32(12-10-18)22-13-19(25(28,29)30)7-8-20(22)21-15-31(16-24(21,26)27)14-17-5-3-2-4-6-17/h2-8,13,18,21H,9-12,14-16H2,1H3. The van der Waals surface area contributed by atoms with E-state index in [-0.39, 0.29) is 29.7 Å². The van der Waals surface area contributed by atoms with Crippen LogP contribution in [0.4, 0.5) is 27.6 Å². The highest BCUT2D eigenvalue weighted by molar-refractivity contribution is 5.73. The van der Waals surface area contributed by atoms with Gasteiger partial charge in [0.15, 0.2) is 0 Å². The minimum atomic E-state index is -4.59. The van der Waals surface area contributed by atoms with E-state index in [1.165, 1.54) is 13.2 Å². The highest BCUT2D eigenvalue weighted by atomic mass is 19.4. The Morgan fingerprint density at radius 3 is 2.38 bits per heavy atom. The maximum atomic E-state index is 15.2. The van der Waals surface area contributed by atoms with Gasteiger partial charge in [0.2, 0.25) is 0 Å². The Balaban J connectivity index is 1.62. The van der Waals surface area contributed by atoms with Crippen LogP contribution in [-0.4, -0.2) is 50.1 Å². The number of hydrogen-bond donors (Lipinski definition) is 0. The van der Waals surface area contributed by atoms with E-state index in [4.69, 9.17) is 4.74 Å². The number of carbonyl (C=O) groups excluding carboxylic acids is 1. The van der Waals surface area contributed by atoms with Gasteiger partial charge in [-0.2, -0.15) is 13.2 Å². The molecule has 2 heterocycles. The first-order valence-corrected chi connectivity index (χ1v) is 11.3. The molecule has 2 aliphatic rings. The predicted octanol–water partition coefficient (Wildman–Crippen LogP) is 5.33. The van der Waals surface area contributed by atoms with Crippen LogP contribution in [0.5, 0.6) is 0 Å². The van der Waals surface area contributed by atoms with Crippen molar-refractivity contribution in [3.05, 3.63) is 65.2 Å². The number of carbonyl (C=O) groups is 1. The molecule has 2 saturated heterocycles. The zero-order valence-electron chi connectivity index (χ0n) is 18.8. The maximum absolute atomic E-state index is 15.2. The maximum Gasteiger partial charge on any atom is 0.416 e. The molecule has 0 radical (unpaired) electrons. The molecule has 2 aromatic rings. The average molecular weight is 482 g/mol. The fraction of sp³-hybridized carbons (Fsp3) is 0.480. The number of benzene rings is 2. The van der Waals surface area contributed by atoms with Crippen LogP contribution in [0.25, 0.3) is 0 Å². The fourth-order valence-corrected chi connectivity index (χ4v) is 4.96. The summed E-state index contributed by atoms with van der Waals surface area (Å²) in [4.78, 5) is 15.2. The first-order valence-electron chi connectivity index (χ1n) is 11.3. The van der Waals surface area contributed by atoms with E-state index in [2.05, 4.69) is 0 Å². The topological polar surface area (TPSA) is 32.8 Å².